The number of aryl methyl sites for hydroxylation is 1. The number of nitriles is 1. The predicted molar refractivity (Wildman–Crippen MR) is 120 cm³/mol. The molecule has 0 radical (unpaired) electrons. The number of ether oxygens (including phenoxy) is 1. The van der Waals surface area contributed by atoms with Gasteiger partial charge in [-0.2, -0.15) is 10.4 Å². The van der Waals surface area contributed by atoms with Gasteiger partial charge in [-0.3, -0.25) is 5.10 Å². The van der Waals surface area contributed by atoms with Crippen LogP contribution in [0.1, 0.15) is 27.9 Å². The first-order valence-corrected chi connectivity index (χ1v) is 9.95. The number of aromatic nitrogens is 3. The first kappa shape index (κ1) is 20.3. The Morgan fingerprint density at radius 1 is 1.16 bits per heavy atom. The molecule has 0 unspecified atom stereocenters. The van der Waals surface area contributed by atoms with Crippen LogP contribution in [-0.2, 0) is 6.42 Å². The van der Waals surface area contributed by atoms with Gasteiger partial charge < -0.3 is 4.74 Å². The molecular formula is C24H18ClN5O. The second-order valence-corrected chi connectivity index (χ2v) is 7.36. The number of nitrogens with one attached hydrogen (secondary N) is 1. The third-order valence-corrected chi connectivity index (χ3v) is 4.76. The Bertz CT molecular complexity index is 1250. The molecule has 0 saturated heterocycles. The number of halogens is 1. The zero-order valence-corrected chi connectivity index (χ0v) is 17.5. The Balaban J connectivity index is 1.46. The average Bonchev–Trinajstić information content (AvgIpc) is 3.16. The lowest BCUT2D eigenvalue weighted by molar-refractivity contribution is 0.462. The van der Waals surface area contributed by atoms with E-state index in [2.05, 4.69) is 26.2 Å². The van der Waals surface area contributed by atoms with Crippen LogP contribution >= 0.6 is 11.6 Å². The molecule has 0 atom stereocenters. The fourth-order valence-electron chi connectivity index (χ4n) is 2.95. The van der Waals surface area contributed by atoms with E-state index in [1.807, 2.05) is 67.6 Å². The molecule has 0 bridgehead atoms. The molecule has 31 heavy (non-hydrogen) atoms. The van der Waals surface area contributed by atoms with Crippen molar-refractivity contribution < 1.29 is 4.74 Å². The fourth-order valence-corrected chi connectivity index (χ4v) is 3.16. The molecule has 7 heteroatoms. The van der Waals surface area contributed by atoms with Gasteiger partial charge in [0.2, 0.25) is 5.88 Å². The van der Waals surface area contributed by atoms with Gasteiger partial charge in [0.25, 0.3) is 0 Å². The van der Waals surface area contributed by atoms with Gasteiger partial charge >= 0.3 is 0 Å². The minimum atomic E-state index is 0.351. The van der Waals surface area contributed by atoms with Gasteiger partial charge in [0.1, 0.15) is 17.4 Å². The summed E-state index contributed by atoms with van der Waals surface area (Å²) in [5.41, 5.74) is 4.03. The van der Waals surface area contributed by atoms with E-state index < -0.39 is 0 Å². The van der Waals surface area contributed by atoms with Gasteiger partial charge in [-0.05, 0) is 60.0 Å². The Morgan fingerprint density at radius 3 is 2.71 bits per heavy atom. The largest absolute Gasteiger partial charge is 0.439 e. The van der Waals surface area contributed by atoms with Crippen LogP contribution in [0, 0.1) is 18.3 Å². The van der Waals surface area contributed by atoms with Gasteiger partial charge in [-0.15, -0.1) is 0 Å². The predicted octanol–water partition coefficient (Wildman–Crippen LogP) is 5.77. The summed E-state index contributed by atoms with van der Waals surface area (Å²) < 4.78 is 5.73. The zero-order valence-electron chi connectivity index (χ0n) is 16.7. The Kier molecular flexibility index (Phi) is 6.06. The van der Waals surface area contributed by atoms with E-state index in [0.29, 0.717) is 40.1 Å². The second kappa shape index (κ2) is 9.24. The van der Waals surface area contributed by atoms with E-state index in [0.717, 1.165) is 16.7 Å². The molecule has 4 aromatic rings. The summed E-state index contributed by atoms with van der Waals surface area (Å²) in [6.07, 6.45) is 3.94. The standard InChI is InChI=1S/C24H18ClN5O/c1-16-5-10-23(27-14-16)31-20-8-6-17(7-9-20)15-28-24-21(13-26)22(29-30-24)12-18-3-2-4-19(25)11-18/h2-11,14-15H,12H2,1H3,(H,29,30). The summed E-state index contributed by atoms with van der Waals surface area (Å²) in [5, 5.41) is 17.3. The number of aliphatic imine (C=N–C) groups is 1. The van der Waals surface area contributed by atoms with Crippen molar-refractivity contribution in [1.82, 2.24) is 15.2 Å². The molecule has 0 aliphatic heterocycles. The second-order valence-electron chi connectivity index (χ2n) is 6.92. The molecule has 6 nitrogen and oxygen atoms in total. The van der Waals surface area contributed by atoms with Crippen molar-refractivity contribution in [2.45, 2.75) is 13.3 Å². The summed E-state index contributed by atoms with van der Waals surface area (Å²) in [6.45, 7) is 1.97. The SMILES string of the molecule is Cc1ccc(Oc2ccc(C=Nc3n[nH]c(Cc4cccc(Cl)c4)c3C#N)cc2)nc1. The highest BCUT2D eigenvalue weighted by atomic mass is 35.5. The highest BCUT2D eigenvalue weighted by molar-refractivity contribution is 6.30. The van der Waals surface area contributed by atoms with E-state index in [9.17, 15) is 5.26 Å². The van der Waals surface area contributed by atoms with E-state index in [-0.39, 0.29) is 0 Å². The Hall–Kier alpha value is -3.95. The molecule has 0 spiro atoms. The average molecular weight is 428 g/mol. The van der Waals surface area contributed by atoms with Crippen LogP contribution in [0.5, 0.6) is 11.6 Å². The van der Waals surface area contributed by atoms with E-state index in [1.54, 1.807) is 12.4 Å². The van der Waals surface area contributed by atoms with Gasteiger partial charge in [-0.1, -0.05) is 29.8 Å². The van der Waals surface area contributed by atoms with Crippen LogP contribution in [0.15, 0.2) is 71.9 Å². The highest BCUT2D eigenvalue weighted by Gasteiger charge is 2.12. The molecule has 0 aliphatic carbocycles. The Morgan fingerprint density at radius 2 is 2.00 bits per heavy atom. The molecule has 0 amide bonds. The van der Waals surface area contributed by atoms with Gasteiger partial charge in [0.05, 0.1) is 5.69 Å². The maximum atomic E-state index is 9.58. The van der Waals surface area contributed by atoms with Crippen molar-refractivity contribution in [3.05, 3.63) is 99.8 Å². The van der Waals surface area contributed by atoms with Crippen molar-refractivity contribution >= 4 is 23.6 Å². The van der Waals surface area contributed by atoms with Crippen molar-refractivity contribution in [3.63, 3.8) is 0 Å². The zero-order chi connectivity index (χ0) is 21.6. The Labute approximate surface area is 184 Å². The smallest absolute Gasteiger partial charge is 0.219 e. The molecular weight excluding hydrogens is 410 g/mol. The van der Waals surface area contributed by atoms with Crippen LogP contribution in [-0.4, -0.2) is 21.4 Å². The highest BCUT2D eigenvalue weighted by Crippen LogP contribution is 2.23. The van der Waals surface area contributed by atoms with E-state index in [1.165, 1.54) is 0 Å². The first-order chi connectivity index (χ1) is 15.1. The molecule has 2 heterocycles. The summed E-state index contributed by atoms with van der Waals surface area (Å²) in [6, 6.07) is 20.9. The van der Waals surface area contributed by atoms with Crippen molar-refractivity contribution in [2.75, 3.05) is 0 Å². The number of rotatable bonds is 6. The minimum Gasteiger partial charge on any atom is -0.439 e. The van der Waals surface area contributed by atoms with Gasteiger partial charge in [-0.25, -0.2) is 9.98 Å². The van der Waals surface area contributed by atoms with E-state index in [4.69, 9.17) is 16.3 Å². The third-order valence-electron chi connectivity index (χ3n) is 4.53. The van der Waals surface area contributed by atoms with Crippen LogP contribution in [0.2, 0.25) is 5.02 Å². The molecule has 0 fully saturated rings. The van der Waals surface area contributed by atoms with Crippen LogP contribution in [0.3, 0.4) is 0 Å². The third kappa shape index (κ3) is 5.16. The number of hydrogen-bond acceptors (Lipinski definition) is 5. The minimum absolute atomic E-state index is 0.351. The molecule has 2 aromatic carbocycles. The lowest BCUT2D eigenvalue weighted by Gasteiger charge is -2.04. The number of nitrogens with zero attached hydrogens (tertiary/aromatic N) is 4. The monoisotopic (exact) mass is 427 g/mol. The van der Waals surface area contributed by atoms with Crippen LogP contribution in [0.25, 0.3) is 0 Å². The quantitative estimate of drug-likeness (QED) is 0.395. The summed E-state index contributed by atoms with van der Waals surface area (Å²) in [5.74, 6) is 1.56. The molecule has 0 aliphatic rings. The summed E-state index contributed by atoms with van der Waals surface area (Å²) in [4.78, 5) is 8.61. The van der Waals surface area contributed by atoms with Crippen molar-refractivity contribution in [3.8, 4) is 17.7 Å². The van der Waals surface area contributed by atoms with Gasteiger partial charge in [0, 0.05) is 29.9 Å². The van der Waals surface area contributed by atoms with Crippen molar-refractivity contribution in [2.24, 2.45) is 4.99 Å². The van der Waals surface area contributed by atoms with Gasteiger partial charge in [0.15, 0.2) is 5.82 Å². The fraction of sp³-hybridized carbons (Fsp3) is 0.0833. The topological polar surface area (TPSA) is 87.0 Å². The normalized spacial score (nSPS) is 10.9. The lowest BCUT2D eigenvalue weighted by atomic mass is 10.1. The maximum absolute atomic E-state index is 9.58. The maximum Gasteiger partial charge on any atom is 0.219 e. The summed E-state index contributed by atoms with van der Waals surface area (Å²) in [7, 11) is 0. The lowest BCUT2D eigenvalue weighted by Crippen LogP contribution is -1.91. The molecule has 1 N–H and O–H groups in total. The summed E-state index contributed by atoms with van der Waals surface area (Å²) >= 11 is 6.04. The molecule has 4 rings (SSSR count). The first-order valence-electron chi connectivity index (χ1n) is 9.57. The number of aromatic amines is 1. The molecule has 152 valence electrons. The number of hydrogen-bond donors (Lipinski definition) is 1. The van der Waals surface area contributed by atoms with Crippen LogP contribution in [0.4, 0.5) is 5.82 Å². The number of pyridine rings is 1. The van der Waals surface area contributed by atoms with Crippen molar-refractivity contribution in [1.29, 1.82) is 5.26 Å². The van der Waals surface area contributed by atoms with E-state index >= 15 is 0 Å². The van der Waals surface area contributed by atoms with Crippen LogP contribution < -0.4 is 4.74 Å². The molecule has 0 saturated carbocycles. The number of H-pyrrole nitrogens is 1. The number of benzene rings is 2. The molecule has 2 aromatic heterocycles.